The fourth-order valence-corrected chi connectivity index (χ4v) is 3.07. The van der Waals surface area contributed by atoms with Gasteiger partial charge in [-0.15, -0.1) is 0 Å². The van der Waals surface area contributed by atoms with Crippen molar-refractivity contribution in [2.24, 2.45) is 5.73 Å². The zero-order valence-electron chi connectivity index (χ0n) is 11.5. The summed E-state index contributed by atoms with van der Waals surface area (Å²) in [4.78, 5) is 12.0. The number of hydrogen-bond acceptors (Lipinski definition) is 4. The average Bonchev–Trinajstić information content (AvgIpc) is 2.43. The van der Waals surface area contributed by atoms with Gasteiger partial charge in [-0.1, -0.05) is 37.3 Å². The van der Waals surface area contributed by atoms with E-state index in [2.05, 4.69) is 5.32 Å². The Morgan fingerprint density at radius 2 is 2.11 bits per heavy atom. The quantitative estimate of drug-likeness (QED) is 0.671. The number of amides is 1. The first-order chi connectivity index (χ1) is 9.17. The van der Waals surface area contributed by atoms with E-state index in [1.807, 2.05) is 37.3 Å². The molecule has 4 nitrogen and oxygen atoms in total. The van der Waals surface area contributed by atoms with Crippen molar-refractivity contribution in [3.63, 3.8) is 0 Å². The molecule has 1 unspecified atom stereocenters. The summed E-state index contributed by atoms with van der Waals surface area (Å²) in [5.74, 6) is 1.10. The molecule has 0 radical (unpaired) electrons. The first-order valence-electron chi connectivity index (χ1n) is 6.34. The number of ether oxygens (including phenoxy) is 1. The highest BCUT2D eigenvalue weighted by Crippen LogP contribution is 2.25. The van der Waals surface area contributed by atoms with Gasteiger partial charge in [-0.3, -0.25) is 10.1 Å². The van der Waals surface area contributed by atoms with E-state index in [-0.39, 0.29) is 5.91 Å². The SMILES string of the molecule is CCNC(CSCCOC)(C(N)=O)c1ccccc1. The first-order valence-corrected chi connectivity index (χ1v) is 7.50. The molecule has 106 valence electrons. The van der Waals surface area contributed by atoms with Crippen LogP contribution in [0.2, 0.25) is 0 Å². The fourth-order valence-electron chi connectivity index (χ4n) is 1.93. The standard InChI is InChI=1S/C14H22N2O2S/c1-3-16-14(13(15)17,11-19-10-9-18-2)12-7-5-4-6-8-12/h4-8,16H,3,9-11H2,1-2H3,(H2,15,17). The summed E-state index contributed by atoms with van der Waals surface area (Å²) in [6.45, 7) is 3.32. The number of primary amides is 1. The van der Waals surface area contributed by atoms with Crippen LogP contribution in [-0.2, 0) is 15.1 Å². The van der Waals surface area contributed by atoms with Gasteiger partial charge in [-0.2, -0.15) is 11.8 Å². The zero-order valence-corrected chi connectivity index (χ0v) is 12.3. The number of likely N-dealkylation sites (N-methyl/N-ethyl adjacent to an activating group) is 1. The van der Waals surface area contributed by atoms with Crippen LogP contribution in [-0.4, -0.2) is 37.7 Å². The highest BCUT2D eigenvalue weighted by Gasteiger charge is 2.37. The Kier molecular flexibility index (Phi) is 6.91. The van der Waals surface area contributed by atoms with Gasteiger partial charge in [-0.25, -0.2) is 0 Å². The van der Waals surface area contributed by atoms with Gasteiger partial charge in [0.2, 0.25) is 5.91 Å². The van der Waals surface area contributed by atoms with Crippen LogP contribution in [0.1, 0.15) is 12.5 Å². The smallest absolute Gasteiger partial charge is 0.243 e. The Hall–Kier alpha value is -1.04. The number of nitrogens with one attached hydrogen (secondary N) is 1. The van der Waals surface area contributed by atoms with Crippen molar-refractivity contribution in [1.82, 2.24) is 5.32 Å². The van der Waals surface area contributed by atoms with Gasteiger partial charge in [0.05, 0.1) is 6.61 Å². The van der Waals surface area contributed by atoms with Crippen molar-refractivity contribution < 1.29 is 9.53 Å². The predicted octanol–water partition coefficient (Wildman–Crippen LogP) is 1.36. The Bertz CT molecular complexity index is 386. The van der Waals surface area contributed by atoms with Gasteiger partial charge >= 0.3 is 0 Å². The maximum Gasteiger partial charge on any atom is 0.243 e. The minimum atomic E-state index is -0.811. The number of benzene rings is 1. The summed E-state index contributed by atoms with van der Waals surface area (Å²) >= 11 is 1.66. The minimum Gasteiger partial charge on any atom is -0.384 e. The summed E-state index contributed by atoms with van der Waals surface area (Å²) < 4.78 is 5.03. The monoisotopic (exact) mass is 282 g/mol. The number of carbonyl (C=O) groups is 1. The number of nitrogens with two attached hydrogens (primary N) is 1. The lowest BCUT2D eigenvalue weighted by molar-refractivity contribution is -0.123. The molecule has 0 aliphatic rings. The van der Waals surface area contributed by atoms with Crippen LogP contribution < -0.4 is 11.1 Å². The summed E-state index contributed by atoms with van der Waals surface area (Å²) in [6, 6.07) is 9.64. The predicted molar refractivity (Wildman–Crippen MR) is 80.2 cm³/mol. The molecular weight excluding hydrogens is 260 g/mol. The van der Waals surface area contributed by atoms with Gasteiger partial charge in [0.1, 0.15) is 5.54 Å². The summed E-state index contributed by atoms with van der Waals surface area (Å²) in [5.41, 5.74) is 5.76. The fraction of sp³-hybridized carbons (Fsp3) is 0.500. The van der Waals surface area contributed by atoms with E-state index in [0.29, 0.717) is 18.9 Å². The molecule has 0 heterocycles. The summed E-state index contributed by atoms with van der Waals surface area (Å²) in [7, 11) is 1.67. The molecule has 19 heavy (non-hydrogen) atoms. The van der Waals surface area contributed by atoms with Crippen LogP contribution in [0.4, 0.5) is 0 Å². The zero-order chi connectivity index (χ0) is 14.1. The van der Waals surface area contributed by atoms with E-state index < -0.39 is 5.54 Å². The summed E-state index contributed by atoms with van der Waals surface area (Å²) in [5, 5.41) is 3.25. The van der Waals surface area contributed by atoms with Gasteiger partial charge in [0, 0.05) is 18.6 Å². The Balaban J connectivity index is 2.91. The Labute approximate surface area is 119 Å². The second-order valence-corrected chi connectivity index (χ2v) is 5.32. The molecule has 0 spiro atoms. The minimum absolute atomic E-state index is 0.342. The number of carbonyl (C=O) groups excluding carboxylic acids is 1. The molecule has 1 atom stereocenters. The lowest BCUT2D eigenvalue weighted by atomic mass is 9.91. The van der Waals surface area contributed by atoms with Gasteiger partial charge in [0.25, 0.3) is 0 Å². The molecule has 1 rings (SSSR count). The van der Waals surface area contributed by atoms with Crippen LogP contribution >= 0.6 is 11.8 Å². The molecule has 0 saturated heterocycles. The van der Waals surface area contributed by atoms with Crippen LogP contribution in [0.3, 0.4) is 0 Å². The van der Waals surface area contributed by atoms with Crippen molar-refractivity contribution in [2.75, 3.05) is 31.8 Å². The van der Waals surface area contributed by atoms with Crippen molar-refractivity contribution in [3.05, 3.63) is 35.9 Å². The lowest BCUT2D eigenvalue weighted by Crippen LogP contribution is -2.54. The molecule has 0 bridgehead atoms. The maximum absolute atomic E-state index is 12.0. The highest BCUT2D eigenvalue weighted by molar-refractivity contribution is 7.99. The van der Waals surface area contributed by atoms with Crippen LogP contribution in [0.5, 0.6) is 0 Å². The number of rotatable bonds is 9. The van der Waals surface area contributed by atoms with E-state index in [4.69, 9.17) is 10.5 Å². The molecule has 0 fully saturated rings. The van der Waals surface area contributed by atoms with E-state index in [9.17, 15) is 4.79 Å². The molecule has 0 saturated carbocycles. The largest absolute Gasteiger partial charge is 0.384 e. The van der Waals surface area contributed by atoms with Crippen molar-refractivity contribution in [2.45, 2.75) is 12.5 Å². The molecular formula is C14H22N2O2S. The van der Waals surface area contributed by atoms with Crippen LogP contribution in [0.25, 0.3) is 0 Å². The second-order valence-electron chi connectivity index (χ2n) is 4.21. The molecule has 0 aliphatic heterocycles. The lowest BCUT2D eigenvalue weighted by Gasteiger charge is -2.31. The van der Waals surface area contributed by atoms with E-state index in [1.165, 1.54) is 0 Å². The van der Waals surface area contributed by atoms with Crippen molar-refractivity contribution >= 4 is 17.7 Å². The molecule has 5 heteroatoms. The normalized spacial score (nSPS) is 14.0. The third kappa shape index (κ3) is 4.23. The van der Waals surface area contributed by atoms with Gasteiger partial charge < -0.3 is 10.5 Å². The third-order valence-electron chi connectivity index (χ3n) is 2.92. The van der Waals surface area contributed by atoms with Gasteiger partial charge in [-0.05, 0) is 12.1 Å². The van der Waals surface area contributed by atoms with E-state index >= 15 is 0 Å². The molecule has 3 N–H and O–H groups in total. The van der Waals surface area contributed by atoms with Gasteiger partial charge in [0.15, 0.2) is 0 Å². The van der Waals surface area contributed by atoms with Crippen molar-refractivity contribution in [1.29, 1.82) is 0 Å². The third-order valence-corrected chi connectivity index (χ3v) is 4.01. The molecule has 1 aromatic rings. The maximum atomic E-state index is 12.0. The van der Waals surface area contributed by atoms with Crippen LogP contribution in [0.15, 0.2) is 30.3 Å². The molecule has 1 amide bonds. The number of methoxy groups -OCH3 is 1. The Morgan fingerprint density at radius 1 is 1.42 bits per heavy atom. The first kappa shape index (κ1) is 16.0. The average molecular weight is 282 g/mol. The molecule has 1 aromatic carbocycles. The molecule has 0 aromatic heterocycles. The van der Waals surface area contributed by atoms with Crippen molar-refractivity contribution in [3.8, 4) is 0 Å². The van der Waals surface area contributed by atoms with E-state index in [1.54, 1.807) is 18.9 Å². The van der Waals surface area contributed by atoms with E-state index in [0.717, 1.165) is 11.3 Å². The number of hydrogen-bond donors (Lipinski definition) is 2. The summed E-state index contributed by atoms with van der Waals surface area (Å²) in [6.07, 6.45) is 0. The highest BCUT2D eigenvalue weighted by atomic mass is 32.2. The second kappa shape index (κ2) is 8.19. The Morgan fingerprint density at radius 3 is 2.63 bits per heavy atom. The number of thioether (sulfide) groups is 1. The van der Waals surface area contributed by atoms with Crippen LogP contribution in [0, 0.1) is 0 Å². The molecule has 0 aliphatic carbocycles. The topological polar surface area (TPSA) is 64.3 Å².